The zero-order chi connectivity index (χ0) is 26.4. The van der Waals surface area contributed by atoms with Crippen LogP contribution in [0.25, 0.3) is 0 Å². The Kier molecular flexibility index (Phi) is 18.9. The SMILES string of the molecule is CCCCCCCN(C)CCCOC(=O)c1ccc(C(=O)OCCCN(C)CCCCCCC)cc1. The standard InChI is InChI=1S/C30H52N2O4/c1-5-7-9-11-13-21-31(3)23-15-25-35-29(33)27-17-19-28(20-18-27)30(34)36-26-16-24-32(4)22-14-12-10-8-6-2/h17-20H,5-16,21-26H2,1-4H3. The number of ether oxygens (including phenoxy) is 2. The lowest BCUT2D eigenvalue weighted by Gasteiger charge is -2.16. The number of rotatable bonds is 22. The van der Waals surface area contributed by atoms with Crippen LogP contribution in [0.5, 0.6) is 0 Å². The second-order valence-corrected chi connectivity index (χ2v) is 9.99. The molecule has 0 aromatic heterocycles. The largest absolute Gasteiger partial charge is 0.462 e. The van der Waals surface area contributed by atoms with Crippen molar-refractivity contribution in [1.29, 1.82) is 0 Å². The molecule has 0 saturated carbocycles. The molecule has 1 aromatic rings. The molecule has 0 aliphatic carbocycles. The van der Waals surface area contributed by atoms with E-state index < -0.39 is 0 Å². The quantitative estimate of drug-likeness (QED) is 0.131. The summed E-state index contributed by atoms with van der Waals surface area (Å²) in [6.45, 7) is 9.27. The fourth-order valence-corrected chi connectivity index (χ4v) is 4.10. The van der Waals surface area contributed by atoms with Crippen LogP contribution in [0.15, 0.2) is 24.3 Å². The zero-order valence-electron chi connectivity index (χ0n) is 23.6. The third-order valence-corrected chi connectivity index (χ3v) is 6.48. The molecule has 0 unspecified atom stereocenters. The molecule has 0 N–H and O–H groups in total. The number of benzene rings is 1. The summed E-state index contributed by atoms with van der Waals surface area (Å²) < 4.78 is 10.8. The third kappa shape index (κ3) is 15.9. The van der Waals surface area contributed by atoms with Crippen LogP contribution in [-0.4, -0.2) is 75.2 Å². The normalized spacial score (nSPS) is 11.3. The minimum absolute atomic E-state index is 0.352. The first kappa shape index (κ1) is 32.1. The summed E-state index contributed by atoms with van der Waals surface area (Å²) in [5, 5.41) is 0. The van der Waals surface area contributed by atoms with Gasteiger partial charge in [-0.1, -0.05) is 65.2 Å². The van der Waals surface area contributed by atoms with Gasteiger partial charge in [0, 0.05) is 13.1 Å². The predicted molar refractivity (Wildman–Crippen MR) is 149 cm³/mol. The van der Waals surface area contributed by atoms with Crippen LogP contribution in [0.2, 0.25) is 0 Å². The Balaban J connectivity index is 2.17. The maximum Gasteiger partial charge on any atom is 0.338 e. The Hall–Kier alpha value is -1.92. The molecule has 0 radical (unpaired) electrons. The van der Waals surface area contributed by atoms with Crippen molar-refractivity contribution in [1.82, 2.24) is 9.80 Å². The van der Waals surface area contributed by atoms with Crippen molar-refractivity contribution >= 4 is 11.9 Å². The van der Waals surface area contributed by atoms with Gasteiger partial charge in [-0.05, 0) is 77.1 Å². The molecule has 206 valence electrons. The zero-order valence-corrected chi connectivity index (χ0v) is 23.6. The maximum absolute atomic E-state index is 12.3. The van der Waals surface area contributed by atoms with E-state index in [1.807, 2.05) is 0 Å². The highest BCUT2D eigenvalue weighted by atomic mass is 16.5. The van der Waals surface area contributed by atoms with Gasteiger partial charge in [0.05, 0.1) is 24.3 Å². The van der Waals surface area contributed by atoms with Crippen molar-refractivity contribution in [3.63, 3.8) is 0 Å². The van der Waals surface area contributed by atoms with Gasteiger partial charge >= 0.3 is 11.9 Å². The van der Waals surface area contributed by atoms with Crippen LogP contribution in [-0.2, 0) is 9.47 Å². The monoisotopic (exact) mass is 504 g/mol. The van der Waals surface area contributed by atoms with Crippen molar-refractivity contribution in [2.75, 3.05) is 53.5 Å². The topological polar surface area (TPSA) is 59.1 Å². The smallest absolute Gasteiger partial charge is 0.338 e. The highest BCUT2D eigenvalue weighted by Gasteiger charge is 2.11. The fraction of sp³-hybridized carbons (Fsp3) is 0.733. The molecule has 0 atom stereocenters. The number of hydrogen-bond donors (Lipinski definition) is 0. The van der Waals surface area contributed by atoms with E-state index in [4.69, 9.17) is 9.47 Å². The number of nitrogens with zero attached hydrogens (tertiary/aromatic N) is 2. The molecule has 0 bridgehead atoms. The van der Waals surface area contributed by atoms with Gasteiger partial charge < -0.3 is 19.3 Å². The summed E-state index contributed by atoms with van der Waals surface area (Å²) in [4.78, 5) is 29.2. The number of carbonyl (C=O) groups is 2. The first-order valence-electron chi connectivity index (χ1n) is 14.3. The van der Waals surface area contributed by atoms with Crippen molar-refractivity contribution in [2.24, 2.45) is 0 Å². The molecular weight excluding hydrogens is 452 g/mol. The van der Waals surface area contributed by atoms with Crippen molar-refractivity contribution in [3.8, 4) is 0 Å². The van der Waals surface area contributed by atoms with Gasteiger partial charge in [0.25, 0.3) is 0 Å². The van der Waals surface area contributed by atoms with Gasteiger partial charge in [-0.25, -0.2) is 9.59 Å². The molecule has 0 spiro atoms. The van der Waals surface area contributed by atoms with Crippen molar-refractivity contribution in [2.45, 2.75) is 90.9 Å². The molecule has 0 aliphatic heterocycles. The van der Waals surface area contributed by atoms with Gasteiger partial charge in [0.1, 0.15) is 0 Å². The average Bonchev–Trinajstić information content (AvgIpc) is 2.88. The van der Waals surface area contributed by atoms with Crippen LogP contribution >= 0.6 is 0 Å². The van der Waals surface area contributed by atoms with Gasteiger partial charge in [0.2, 0.25) is 0 Å². The lowest BCUT2D eigenvalue weighted by molar-refractivity contribution is 0.0476. The molecule has 6 nitrogen and oxygen atoms in total. The van der Waals surface area contributed by atoms with E-state index in [0.29, 0.717) is 24.3 Å². The van der Waals surface area contributed by atoms with E-state index in [9.17, 15) is 9.59 Å². The van der Waals surface area contributed by atoms with E-state index in [-0.39, 0.29) is 11.9 Å². The Morgan fingerprint density at radius 2 is 0.889 bits per heavy atom. The fourth-order valence-electron chi connectivity index (χ4n) is 4.10. The number of unbranched alkanes of at least 4 members (excludes halogenated alkanes) is 8. The van der Waals surface area contributed by atoms with Crippen LogP contribution in [0.1, 0.15) is 112 Å². The minimum atomic E-state index is -0.352. The molecule has 0 heterocycles. The minimum Gasteiger partial charge on any atom is -0.462 e. The summed E-state index contributed by atoms with van der Waals surface area (Å²) in [6, 6.07) is 6.53. The Labute approximate surface area is 220 Å². The summed E-state index contributed by atoms with van der Waals surface area (Å²) >= 11 is 0. The van der Waals surface area contributed by atoms with Crippen LogP contribution < -0.4 is 0 Å². The van der Waals surface area contributed by atoms with Crippen molar-refractivity contribution < 1.29 is 19.1 Å². The van der Waals surface area contributed by atoms with Gasteiger partial charge in [-0.3, -0.25) is 0 Å². The summed E-state index contributed by atoms with van der Waals surface area (Å²) in [7, 11) is 4.24. The second-order valence-electron chi connectivity index (χ2n) is 9.99. The molecule has 0 fully saturated rings. The maximum atomic E-state index is 12.3. The molecule has 0 aliphatic rings. The highest BCUT2D eigenvalue weighted by Crippen LogP contribution is 2.09. The average molecular weight is 505 g/mol. The number of carbonyl (C=O) groups excluding carboxylic acids is 2. The van der Waals surface area contributed by atoms with Crippen LogP contribution in [0.4, 0.5) is 0 Å². The lowest BCUT2D eigenvalue weighted by atomic mass is 10.1. The van der Waals surface area contributed by atoms with Crippen molar-refractivity contribution in [3.05, 3.63) is 35.4 Å². The highest BCUT2D eigenvalue weighted by molar-refractivity contribution is 5.93. The predicted octanol–water partition coefficient (Wildman–Crippen LogP) is 6.58. The summed E-state index contributed by atoms with van der Waals surface area (Å²) in [5.41, 5.74) is 0.910. The van der Waals surface area contributed by atoms with E-state index in [1.54, 1.807) is 24.3 Å². The molecule has 0 saturated heterocycles. The van der Waals surface area contributed by atoms with E-state index in [1.165, 1.54) is 64.2 Å². The first-order chi connectivity index (χ1) is 17.5. The molecule has 36 heavy (non-hydrogen) atoms. The molecular formula is C30H52N2O4. The Bertz CT molecular complexity index is 634. The van der Waals surface area contributed by atoms with E-state index in [0.717, 1.165) is 39.0 Å². The first-order valence-corrected chi connectivity index (χ1v) is 14.3. The Morgan fingerprint density at radius 1 is 0.556 bits per heavy atom. The third-order valence-electron chi connectivity index (χ3n) is 6.48. The Morgan fingerprint density at radius 3 is 1.25 bits per heavy atom. The molecule has 6 heteroatoms. The lowest BCUT2D eigenvalue weighted by Crippen LogP contribution is -2.22. The molecule has 0 amide bonds. The van der Waals surface area contributed by atoms with E-state index >= 15 is 0 Å². The van der Waals surface area contributed by atoms with Crippen LogP contribution in [0, 0.1) is 0 Å². The van der Waals surface area contributed by atoms with Gasteiger partial charge in [-0.15, -0.1) is 0 Å². The molecule has 1 aromatic carbocycles. The van der Waals surface area contributed by atoms with Gasteiger partial charge in [-0.2, -0.15) is 0 Å². The number of hydrogen-bond acceptors (Lipinski definition) is 6. The molecule has 1 rings (SSSR count). The van der Waals surface area contributed by atoms with Gasteiger partial charge in [0.15, 0.2) is 0 Å². The summed E-state index contributed by atoms with van der Waals surface area (Å²) in [5.74, 6) is -0.704. The summed E-state index contributed by atoms with van der Waals surface area (Å²) in [6.07, 6.45) is 14.5. The number of esters is 2. The van der Waals surface area contributed by atoms with Crippen LogP contribution in [0.3, 0.4) is 0 Å². The second kappa shape index (κ2) is 21.2. The van der Waals surface area contributed by atoms with E-state index in [2.05, 4.69) is 37.7 Å².